The average molecular weight is 245 g/mol. The number of nitrogens with one attached hydrogen (secondary N) is 2. The van der Waals surface area contributed by atoms with Crippen molar-refractivity contribution in [2.24, 2.45) is 0 Å². The van der Waals surface area contributed by atoms with Gasteiger partial charge in [0, 0.05) is 11.8 Å². The summed E-state index contributed by atoms with van der Waals surface area (Å²) in [5, 5.41) is 9.11. The summed E-state index contributed by atoms with van der Waals surface area (Å²) < 4.78 is 4.87. The Morgan fingerprint density at radius 1 is 1.17 bits per heavy atom. The predicted molar refractivity (Wildman–Crippen MR) is 69.8 cm³/mol. The highest BCUT2D eigenvalue weighted by Crippen LogP contribution is 2.19. The largest absolute Gasteiger partial charge is 0.360 e. The number of carbonyl (C=O) groups excluding carboxylic acids is 1. The molecule has 5 heteroatoms. The molecule has 0 radical (unpaired) electrons. The molecule has 1 heterocycles. The monoisotopic (exact) mass is 245 g/mol. The maximum absolute atomic E-state index is 11.8. The quantitative estimate of drug-likeness (QED) is 0.853. The summed E-state index contributed by atoms with van der Waals surface area (Å²) in [5.41, 5.74) is 2.85. The summed E-state index contributed by atoms with van der Waals surface area (Å²) in [6.07, 6.45) is 0. The summed E-state index contributed by atoms with van der Waals surface area (Å²) in [6.45, 7) is 5.66. The van der Waals surface area contributed by atoms with Gasteiger partial charge in [0.25, 0.3) is 0 Å². The van der Waals surface area contributed by atoms with E-state index in [0.717, 1.165) is 16.8 Å². The van der Waals surface area contributed by atoms with E-state index in [1.165, 1.54) is 0 Å². The molecular weight excluding hydrogens is 230 g/mol. The Kier molecular flexibility index (Phi) is 3.32. The molecule has 0 saturated carbocycles. The zero-order chi connectivity index (χ0) is 13.1. The van der Waals surface area contributed by atoms with Gasteiger partial charge in [-0.1, -0.05) is 23.4 Å². The summed E-state index contributed by atoms with van der Waals surface area (Å²) in [4.78, 5) is 11.8. The Labute approximate surface area is 105 Å². The van der Waals surface area contributed by atoms with Gasteiger partial charge in [0.15, 0.2) is 5.82 Å². The van der Waals surface area contributed by atoms with Gasteiger partial charge in [-0.15, -0.1) is 0 Å². The summed E-state index contributed by atoms with van der Waals surface area (Å²) in [6, 6.07) is 7.17. The highest BCUT2D eigenvalue weighted by molar-refractivity contribution is 6.00. The van der Waals surface area contributed by atoms with Crippen LogP contribution < -0.4 is 10.6 Å². The Morgan fingerprint density at radius 3 is 2.39 bits per heavy atom. The number of para-hydroxylation sites is 1. The minimum absolute atomic E-state index is 0.333. The number of aromatic nitrogens is 1. The van der Waals surface area contributed by atoms with E-state index in [1.807, 2.05) is 32.0 Å². The van der Waals surface area contributed by atoms with Gasteiger partial charge < -0.3 is 9.84 Å². The van der Waals surface area contributed by atoms with E-state index in [-0.39, 0.29) is 6.03 Å². The Hall–Kier alpha value is -2.30. The van der Waals surface area contributed by atoms with Gasteiger partial charge >= 0.3 is 6.03 Å². The third-order valence-corrected chi connectivity index (χ3v) is 2.59. The lowest BCUT2D eigenvalue weighted by molar-refractivity contribution is 0.262. The summed E-state index contributed by atoms with van der Waals surface area (Å²) in [7, 11) is 0. The molecule has 2 aromatic rings. The number of carbonyl (C=O) groups is 1. The molecular formula is C13H15N3O2. The first kappa shape index (κ1) is 12.2. The van der Waals surface area contributed by atoms with E-state index in [1.54, 1.807) is 13.0 Å². The Morgan fingerprint density at radius 2 is 1.83 bits per heavy atom. The van der Waals surface area contributed by atoms with Gasteiger partial charge in [0.2, 0.25) is 0 Å². The number of hydrogen-bond donors (Lipinski definition) is 2. The molecule has 0 aliphatic carbocycles. The zero-order valence-electron chi connectivity index (χ0n) is 10.6. The van der Waals surface area contributed by atoms with Crippen LogP contribution in [0.2, 0.25) is 0 Å². The third kappa shape index (κ3) is 2.68. The number of urea groups is 1. The minimum Gasteiger partial charge on any atom is -0.360 e. The topological polar surface area (TPSA) is 67.2 Å². The smallest absolute Gasteiger partial charge is 0.324 e. The number of benzene rings is 1. The number of hydrogen-bond acceptors (Lipinski definition) is 3. The van der Waals surface area contributed by atoms with E-state index in [2.05, 4.69) is 15.8 Å². The Balaban J connectivity index is 2.08. The van der Waals surface area contributed by atoms with Crippen LogP contribution in [0.1, 0.15) is 16.9 Å². The Bertz CT molecular complexity index is 555. The first-order chi connectivity index (χ1) is 8.56. The number of nitrogens with zero attached hydrogens (tertiary/aromatic N) is 1. The number of amides is 2. The van der Waals surface area contributed by atoms with Crippen LogP contribution in [-0.4, -0.2) is 11.2 Å². The second-order valence-electron chi connectivity index (χ2n) is 4.17. The highest BCUT2D eigenvalue weighted by Gasteiger charge is 2.09. The second kappa shape index (κ2) is 4.91. The molecule has 0 saturated heterocycles. The van der Waals surface area contributed by atoms with Crippen LogP contribution in [-0.2, 0) is 0 Å². The van der Waals surface area contributed by atoms with Crippen molar-refractivity contribution in [2.45, 2.75) is 20.8 Å². The van der Waals surface area contributed by atoms with Crippen molar-refractivity contribution in [3.05, 3.63) is 41.2 Å². The first-order valence-corrected chi connectivity index (χ1v) is 5.64. The molecule has 0 unspecified atom stereocenters. The fourth-order valence-corrected chi connectivity index (χ4v) is 1.70. The molecule has 18 heavy (non-hydrogen) atoms. The van der Waals surface area contributed by atoms with E-state index in [4.69, 9.17) is 4.52 Å². The van der Waals surface area contributed by atoms with Gasteiger partial charge in [-0.25, -0.2) is 4.79 Å². The zero-order valence-corrected chi connectivity index (χ0v) is 10.6. The molecule has 1 aromatic heterocycles. The standard InChI is InChI=1S/C13H15N3O2/c1-8-5-4-6-9(2)12(8)15-13(17)14-11-7-10(3)18-16-11/h4-7H,1-3H3,(H2,14,15,16,17). The van der Waals surface area contributed by atoms with Crippen molar-refractivity contribution >= 4 is 17.5 Å². The fraction of sp³-hybridized carbons (Fsp3) is 0.231. The second-order valence-corrected chi connectivity index (χ2v) is 4.17. The van der Waals surface area contributed by atoms with Crippen molar-refractivity contribution in [3.8, 4) is 0 Å². The molecule has 2 N–H and O–H groups in total. The first-order valence-electron chi connectivity index (χ1n) is 5.64. The highest BCUT2D eigenvalue weighted by atomic mass is 16.5. The van der Waals surface area contributed by atoms with E-state index in [9.17, 15) is 4.79 Å². The molecule has 0 fully saturated rings. The molecule has 0 bridgehead atoms. The fourth-order valence-electron chi connectivity index (χ4n) is 1.70. The lowest BCUT2D eigenvalue weighted by atomic mass is 10.1. The predicted octanol–water partition coefficient (Wildman–Crippen LogP) is 3.24. The summed E-state index contributed by atoms with van der Waals surface area (Å²) >= 11 is 0. The number of rotatable bonds is 2. The molecule has 2 rings (SSSR count). The molecule has 0 aliphatic rings. The number of anilines is 2. The SMILES string of the molecule is Cc1cc(NC(=O)Nc2c(C)cccc2C)no1. The molecule has 0 atom stereocenters. The molecule has 0 aliphatic heterocycles. The maximum Gasteiger partial charge on any atom is 0.324 e. The van der Waals surface area contributed by atoms with Gasteiger partial charge in [-0.3, -0.25) is 5.32 Å². The normalized spacial score (nSPS) is 10.2. The lowest BCUT2D eigenvalue weighted by Crippen LogP contribution is -2.20. The van der Waals surface area contributed by atoms with E-state index < -0.39 is 0 Å². The van der Waals surface area contributed by atoms with Crippen molar-refractivity contribution in [1.29, 1.82) is 0 Å². The van der Waals surface area contributed by atoms with Gasteiger partial charge in [-0.05, 0) is 31.9 Å². The van der Waals surface area contributed by atoms with Gasteiger partial charge in [0.05, 0.1) is 0 Å². The van der Waals surface area contributed by atoms with Crippen LogP contribution in [0.3, 0.4) is 0 Å². The van der Waals surface area contributed by atoms with Crippen LogP contribution in [0.4, 0.5) is 16.3 Å². The third-order valence-electron chi connectivity index (χ3n) is 2.59. The molecule has 5 nitrogen and oxygen atoms in total. The van der Waals surface area contributed by atoms with Gasteiger partial charge in [0.1, 0.15) is 5.76 Å². The van der Waals surface area contributed by atoms with Crippen molar-refractivity contribution in [3.63, 3.8) is 0 Å². The molecule has 1 aromatic carbocycles. The van der Waals surface area contributed by atoms with Crippen molar-refractivity contribution in [1.82, 2.24) is 5.16 Å². The van der Waals surface area contributed by atoms with E-state index in [0.29, 0.717) is 11.6 Å². The molecule has 2 amide bonds. The lowest BCUT2D eigenvalue weighted by Gasteiger charge is -2.11. The maximum atomic E-state index is 11.8. The van der Waals surface area contributed by atoms with Crippen LogP contribution in [0, 0.1) is 20.8 Å². The number of aryl methyl sites for hydroxylation is 3. The average Bonchev–Trinajstić information content (AvgIpc) is 2.69. The van der Waals surface area contributed by atoms with Crippen LogP contribution in [0.5, 0.6) is 0 Å². The van der Waals surface area contributed by atoms with Crippen LogP contribution in [0.25, 0.3) is 0 Å². The molecule has 94 valence electrons. The van der Waals surface area contributed by atoms with Gasteiger partial charge in [-0.2, -0.15) is 0 Å². The minimum atomic E-state index is -0.333. The van der Waals surface area contributed by atoms with E-state index >= 15 is 0 Å². The van der Waals surface area contributed by atoms with Crippen LogP contribution >= 0.6 is 0 Å². The van der Waals surface area contributed by atoms with Crippen molar-refractivity contribution in [2.75, 3.05) is 10.6 Å². The summed E-state index contributed by atoms with van der Waals surface area (Å²) in [5.74, 6) is 1.05. The van der Waals surface area contributed by atoms with Crippen molar-refractivity contribution < 1.29 is 9.32 Å². The van der Waals surface area contributed by atoms with Crippen LogP contribution in [0.15, 0.2) is 28.8 Å². The molecule has 0 spiro atoms.